The van der Waals surface area contributed by atoms with Crippen molar-refractivity contribution in [2.75, 3.05) is 20.2 Å². The van der Waals surface area contributed by atoms with Crippen molar-refractivity contribution in [3.8, 4) is 0 Å². The van der Waals surface area contributed by atoms with Crippen LogP contribution in [0.4, 0.5) is 0 Å². The van der Waals surface area contributed by atoms with E-state index in [4.69, 9.17) is 4.74 Å². The molecule has 1 aromatic heterocycles. The van der Waals surface area contributed by atoms with Crippen LogP contribution in [0.3, 0.4) is 0 Å². The molecule has 0 atom stereocenters. The van der Waals surface area contributed by atoms with Gasteiger partial charge in [-0.2, -0.15) is 0 Å². The molecule has 1 aliphatic heterocycles. The molecule has 1 fully saturated rings. The first-order valence-electron chi connectivity index (χ1n) is 8.10. The van der Waals surface area contributed by atoms with Gasteiger partial charge >= 0.3 is 5.97 Å². The normalized spacial score (nSPS) is 16.5. The minimum absolute atomic E-state index is 0.304. The first-order chi connectivity index (χ1) is 11.3. The molecule has 0 amide bonds. The number of hydrogen-bond donors (Lipinski definition) is 1. The second kappa shape index (κ2) is 7.38. The molecule has 1 aliphatic rings. The van der Waals surface area contributed by atoms with Crippen LogP contribution in [-0.4, -0.2) is 31.2 Å². The number of para-hydroxylation sites is 1. The van der Waals surface area contributed by atoms with E-state index in [1.807, 2.05) is 30.5 Å². The van der Waals surface area contributed by atoms with E-state index in [-0.39, 0.29) is 5.97 Å². The summed E-state index contributed by atoms with van der Waals surface area (Å²) < 4.78 is 4.83. The van der Waals surface area contributed by atoms with E-state index in [0.29, 0.717) is 5.92 Å². The van der Waals surface area contributed by atoms with E-state index in [1.165, 1.54) is 7.11 Å². The van der Waals surface area contributed by atoms with E-state index in [1.54, 1.807) is 6.08 Å². The van der Waals surface area contributed by atoms with Crippen molar-refractivity contribution in [3.63, 3.8) is 0 Å². The largest absolute Gasteiger partial charge is 0.466 e. The van der Waals surface area contributed by atoms with Gasteiger partial charge in [-0.25, -0.2) is 4.79 Å². The summed E-state index contributed by atoms with van der Waals surface area (Å²) in [5.74, 6) is 0.292. The number of benzene rings is 1. The Morgan fingerprint density at radius 2 is 2.13 bits per heavy atom. The number of nitrogens with one attached hydrogen (secondary N) is 1. The van der Waals surface area contributed by atoms with Crippen molar-refractivity contribution in [2.24, 2.45) is 5.92 Å². The highest BCUT2D eigenvalue weighted by molar-refractivity contribution is 5.92. The maximum absolute atomic E-state index is 11.8. The summed E-state index contributed by atoms with van der Waals surface area (Å²) in [6.45, 7) is 2.10. The van der Waals surface area contributed by atoms with Gasteiger partial charge in [0.1, 0.15) is 0 Å². The lowest BCUT2D eigenvalue weighted by Gasteiger charge is -2.23. The summed E-state index contributed by atoms with van der Waals surface area (Å²) in [6.07, 6.45) is 6.64. The third kappa shape index (κ3) is 3.96. The molecule has 4 nitrogen and oxygen atoms in total. The Balaban J connectivity index is 1.91. The lowest BCUT2D eigenvalue weighted by molar-refractivity contribution is -0.134. The van der Waals surface area contributed by atoms with Crippen LogP contribution in [0.2, 0.25) is 0 Å². The van der Waals surface area contributed by atoms with Gasteiger partial charge < -0.3 is 10.1 Å². The molecule has 2 aromatic rings. The van der Waals surface area contributed by atoms with Crippen LogP contribution in [0.1, 0.15) is 24.8 Å². The zero-order valence-corrected chi connectivity index (χ0v) is 13.4. The molecule has 0 spiro atoms. The number of rotatable bonds is 4. The standard InChI is InChI=1S/C19H22N2O2/c1-23-19(22)12-16(10-14-6-8-20-9-7-14)17-11-15-4-2-3-5-18(15)21-13-17/h2-5,11-14,20H,6-10H2,1H3. The molecule has 0 unspecified atom stereocenters. The van der Waals surface area contributed by atoms with Crippen LogP contribution >= 0.6 is 0 Å². The molecule has 1 saturated heterocycles. The highest BCUT2D eigenvalue weighted by Gasteiger charge is 2.17. The van der Waals surface area contributed by atoms with Gasteiger partial charge in [0.15, 0.2) is 0 Å². The second-order valence-corrected chi connectivity index (χ2v) is 6.01. The van der Waals surface area contributed by atoms with Crippen LogP contribution in [0.15, 0.2) is 42.6 Å². The Kier molecular flexibility index (Phi) is 5.03. The van der Waals surface area contributed by atoms with E-state index >= 15 is 0 Å². The Labute approximate surface area is 136 Å². The number of piperidine rings is 1. The SMILES string of the molecule is COC(=O)C=C(CC1CCNCC1)c1cnc2ccccc2c1. The number of aromatic nitrogens is 1. The number of fused-ring (bicyclic) bond motifs is 1. The summed E-state index contributed by atoms with van der Waals surface area (Å²) in [4.78, 5) is 16.3. The zero-order chi connectivity index (χ0) is 16.1. The number of hydrogen-bond acceptors (Lipinski definition) is 4. The topological polar surface area (TPSA) is 51.2 Å². The third-order valence-corrected chi connectivity index (χ3v) is 4.42. The monoisotopic (exact) mass is 310 g/mol. The number of ether oxygens (including phenoxy) is 1. The number of allylic oxidation sites excluding steroid dienone is 1. The van der Waals surface area contributed by atoms with Crippen molar-refractivity contribution < 1.29 is 9.53 Å². The van der Waals surface area contributed by atoms with Crippen LogP contribution in [-0.2, 0) is 9.53 Å². The molecule has 1 N–H and O–H groups in total. The van der Waals surface area contributed by atoms with E-state index in [0.717, 1.165) is 54.4 Å². The van der Waals surface area contributed by atoms with E-state index in [2.05, 4.69) is 16.4 Å². The molecular formula is C19H22N2O2. The fraction of sp³-hybridized carbons (Fsp3) is 0.368. The zero-order valence-electron chi connectivity index (χ0n) is 13.4. The Morgan fingerprint density at radius 3 is 2.91 bits per heavy atom. The Morgan fingerprint density at radius 1 is 1.35 bits per heavy atom. The third-order valence-electron chi connectivity index (χ3n) is 4.42. The van der Waals surface area contributed by atoms with Gasteiger partial charge in [-0.05, 0) is 61.5 Å². The predicted octanol–water partition coefficient (Wildman–Crippen LogP) is 3.18. The Hall–Kier alpha value is -2.20. The van der Waals surface area contributed by atoms with Gasteiger partial charge in [-0.15, -0.1) is 0 Å². The lowest BCUT2D eigenvalue weighted by Crippen LogP contribution is -2.27. The van der Waals surface area contributed by atoms with Crippen molar-refractivity contribution >= 4 is 22.4 Å². The molecule has 4 heteroatoms. The van der Waals surface area contributed by atoms with Crippen LogP contribution in [0, 0.1) is 5.92 Å². The highest BCUT2D eigenvalue weighted by atomic mass is 16.5. The summed E-state index contributed by atoms with van der Waals surface area (Å²) >= 11 is 0. The molecule has 23 heavy (non-hydrogen) atoms. The molecule has 3 rings (SSSR count). The van der Waals surface area contributed by atoms with Crippen LogP contribution in [0.25, 0.3) is 16.5 Å². The van der Waals surface area contributed by atoms with Gasteiger partial charge in [0.25, 0.3) is 0 Å². The minimum atomic E-state index is -0.304. The van der Waals surface area contributed by atoms with Crippen LogP contribution < -0.4 is 5.32 Å². The molecule has 2 heterocycles. The summed E-state index contributed by atoms with van der Waals surface area (Å²) in [7, 11) is 1.42. The average Bonchev–Trinajstić information content (AvgIpc) is 2.61. The predicted molar refractivity (Wildman–Crippen MR) is 91.9 cm³/mol. The maximum Gasteiger partial charge on any atom is 0.330 e. The fourth-order valence-corrected chi connectivity index (χ4v) is 3.10. The lowest BCUT2D eigenvalue weighted by atomic mass is 9.88. The molecule has 0 bridgehead atoms. The van der Waals surface area contributed by atoms with E-state index in [9.17, 15) is 4.79 Å². The van der Waals surface area contributed by atoms with Gasteiger partial charge in [0.05, 0.1) is 12.6 Å². The molecular weight excluding hydrogens is 288 g/mol. The Bertz CT molecular complexity index is 718. The molecule has 120 valence electrons. The first kappa shape index (κ1) is 15.7. The molecule has 1 aromatic carbocycles. The summed E-state index contributed by atoms with van der Waals surface area (Å²) in [5, 5.41) is 4.47. The summed E-state index contributed by atoms with van der Waals surface area (Å²) in [5.41, 5.74) is 2.99. The minimum Gasteiger partial charge on any atom is -0.466 e. The van der Waals surface area contributed by atoms with Crippen molar-refractivity contribution in [3.05, 3.63) is 48.2 Å². The smallest absolute Gasteiger partial charge is 0.330 e. The molecule has 0 radical (unpaired) electrons. The quantitative estimate of drug-likeness (QED) is 0.696. The first-order valence-corrected chi connectivity index (χ1v) is 8.10. The van der Waals surface area contributed by atoms with Crippen LogP contribution in [0.5, 0.6) is 0 Å². The average molecular weight is 310 g/mol. The van der Waals surface area contributed by atoms with Gasteiger partial charge in [-0.1, -0.05) is 18.2 Å². The van der Waals surface area contributed by atoms with Gasteiger partial charge in [0, 0.05) is 17.7 Å². The maximum atomic E-state index is 11.8. The number of nitrogens with zero attached hydrogens (tertiary/aromatic N) is 1. The summed E-state index contributed by atoms with van der Waals surface area (Å²) in [6, 6.07) is 10.1. The number of esters is 1. The highest BCUT2D eigenvalue weighted by Crippen LogP contribution is 2.28. The number of pyridine rings is 1. The second-order valence-electron chi connectivity index (χ2n) is 6.01. The number of carbonyl (C=O) groups excluding carboxylic acids is 1. The number of carbonyl (C=O) groups is 1. The molecule has 0 aliphatic carbocycles. The van der Waals surface area contributed by atoms with E-state index < -0.39 is 0 Å². The van der Waals surface area contributed by atoms with Crippen molar-refractivity contribution in [1.29, 1.82) is 0 Å². The fourth-order valence-electron chi connectivity index (χ4n) is 3.10. The molecule has 0 saturated carbocycles. The van der Waals surface area contributed by atoms with Crippen molar-refractivity contribution in [2.45, 2.75) is 19.3 Å². The van der Waals surface area contributed by atoms with Gasteiger partial charge in [-0.3, -0.25) is 4.98 Å². The van der Waals surface area contributed by atoms with Gasteiger partial charge in [0.2, 0.25) is 0 Å². The number of methoxy groups -OCH3 is 1. The van der Waals surface area contributed by atoms with Crippen molar-refractivity contribution in [1.82, 2.24) is 10.3 Å².